The number of rotatable bonds is 5. The highest BCUT2D eigenvalue weighted by molar-refractivity contribution is 7.10. The van der Waals surface area contributed by atoms with E-state index in [9.17, 15) is 9.59 Å². The second-order valence-corrected chi connectivity index (χ2v) is 7.85. The number of benzene rings is 1. The molecule has 1 aromatic heterocycles. The number of hydrogen-bond acceptors (Lipinski definition) is 6. The van der Waals surface area contributed by atoms with Crippen molar-refractivity contribution < 1.29 is 14.3 Å². The molecular weight excluding hydrogens is 374 g/mol. The number of hydrazone groups is 1. The van der Waals surface area contributed by atoms with Crippen LogP contribution in [0.1, 0.15) is 37.1 Å². The Morgan fingerprint density at radius 2 is 2.04 bits per heavy atom. The average molecular weight is 398 g/mol. The molecule has 0 aliphatic carbocycles. The summed E-state index contributed by atoms with van der Waals surface area (Å²) in [6.45, 7) is 2.78. The number of carbonyl (C=O) groups is 2. The number of nitrogens with zero attached hydrogens (tertiary/aromatic N) is 3. The minimum absolute atomic E-state index is 0.0165. The molecule has 2 unspecified atom stereocenters. The van der Waals surface area contributed by atoms with Crippen LogP contribution in [-0.4, -0.2) is 41.7 Å². The average Bonchev–Trinajstić information content (AvgIpc) is 3.48. The van der Waals surface area contributed by atoms with E-state index >= 15 is 0 Å². The van der Waals surface area contributed by atoms with E-state index < -0.39 is 12.0 Å². The van der Waals surface area contributed by atoms with E-state index in [-0.39, 0.29) is 25.0 Å². The van der Waals surface area contributed by atoms with Gasteiger partial charge in [-0.05, 0) is 43.3 Å². The van der Waals surface area contributed by atoms with Crippen molar-refractivity contribution in [3.63, 3.8) is 0 Å². The summed E-state index contributed by atoms with van der Waals surface area (Å²) in [6, 6.07) is 13.2. The van der Waals surface area contributed by atoms with Crippen LogP contribution in [-0.2, 0) is 14.3 Å². The SMILES string of the molecule is CCOC(=O)C1=NN(c2ccccc2)C(C(=O)N2CCCC2c2cccs2)C1. The first-order valence-electron chi connectivity index (χ1n) is 9.61. The number of likely N-dealkylation sites (tertiary alicyclic amines) is 1. The maximum atomic E-state index is 13.5. The molecule has 4 rings (SSSR count). The molecule has 0 bridgehead atoms. The van der Waals surface area contributed by atoms with Crippen LogP contribution in [0.15, 0.2) is 52.9 Å². The maximum Gasteiger partial charge on any atom is 0.354 e. The lowest BCUT2D eigenvalue weighted by molar-refractivity contribution is -0.135. The Hall–Kier alpha value is -2.67. The third-order valence-electron chi connectivity index (χ3n) is 5.13. The molecule has 1 amide bonds. The molecule has 0 N–H and O–H groups in total. The predicted molar refractivity (Wildman–Crippen MR) is 109 cm³/mol. The van der Waals surface area contributed by atoms with Gasteiger partial charge in [-0.3, -0.25) is 9.80 Å². The lowest BCUT2D eigenvalue weighted by atomic mass is 10.1. The Morgan fingerprint density at radius 1 is 1.21 bits per heavy atom. The van der Waals surface area contributed by atoms with Gasteiger partial charge in [0.25, 0.3) is 0 Å². The van der Waals surface area contributed by atoms with Gasteiger partial charge in [-0.1, -0.05) is 24.3 Å². The highest BCUT2D eigenvalue weighted by Crippen LogP contribution is 2.36. The summed E-state index contributed by atoms with van der Waals surface area (Å²) < 4.78 is 5.12. The van der Waals surface area contributed by atoms with E-state index in [0.29, 0.717) is 5.71 Å². The molecule has 0 radical (unpaired) electrons. The number of esters is 1. The van der Waals surface area contributed by atoms with Gasteiger partial charge in [0.05, 0.1) is 18.3 Å². The molecule has 7 heteroatoms. The van der Waals surface area contributed by atoms with Crippen molar-refractivity contribution in [3.8, 4) is 0 Å². The Balaban J connectivity index is 1.61. The second kappa shape index (κ2) is 8.14. The van der Waals surface area contributed by atoms with Gasteiger partial charge in [0.2, 0.25) is 5.91 Å². The summed E-state index contributed by atoms with van der Waals surface area (Å²) in [4.78, 5) is 29.0. The minimum atomic E-state index is -0.526. The van der Waals surface area contributed by atoms with E-state index in [0.717, 1.165) is 25.1 Å². The number of amides is 1. The summed E-state index contributed by atoms with van der Waals surface area (Å²) in [5, 5.41) is 8.19. The molecule has 1 saturated heterocycles. The van der Waals surface area contributed by atoms with Crippen LogP contribution < -0.4 is 5.01 Å². The van der Waals surface area contributed by atoms with Crippen molar-refractivity contribution >= 4 is 34.6 Å². The number of para-hydroxylation sites is 1. The Kier molecular flexibility index (Phi) is 5.43. The zero-order valence-corrected chi connectivity index (χ0v) is 16.6. The molecule has 1 fully saturated rings. The van der Waals surface area contributed by atoms with Crippen LogP contribution in [0.25, 0.3) is 0 Å². The van der Waals surface area contributed by atoms with Crippen molar-refractivity contribution in [2.24, 2.45) is 5.10 Å². The summed E-state index contributed by atoms with van der Waals surface area (Å²) in [5.74, 6) is -0.433. The van der Waals surface area contributed by atoms with Crippen LogP contribution >= 0.6 is 11.3 Å². The Labute approximate surface area is 168 Å². The fourth-order valence-corrected chi connectivity index (χ4v) is 4.73. The second-order valence-electron chi connectivity index (χ2n) is 6.87. The minimum Gasteiger partial charge on any atom is -0.461 e. The highest BCUT2D eigenvalue weighted by atomic mass is 32.1. The molecule has 28 heavy (non-hydrogen) atoms. The van der Waals surface area contributed by atoms with Crippen LogP contribution in [0, 0.1) is 0 Å². The molecule has 1 aromatic carbocycles. The van der Waals surface area contributed by atoms with Gasteiger partial charge in [-0.15, -0.1) is 11.3 Å². The van der Waals surface area contributed by atoms with Crippen LogP contribution in [0.4, 0.5) is 5.69 Å². The number of thiophene rings is 1. The largest absolute Gasteiger partial charge is 0.461 e. The first-order valence-corrected chi connectivity index (χ1v) is 10.5. The molecule has 3 heterocycles. The lowest BCUT2D eigenvalue weighted by Crippen LogP contribution is -2.45. The van der Waals surface area contributed by atoms with Crippen molar-refractivity contribution in [1.82, 2.24) is 4.90 Å². The van der Waals surface area contributed by atoms with Crippen molar-refractivity contribution in [2.45, 2.75) is 38.3 Å². The summed E-state index contributed by atoms with van der Waals surface area (Å²) >= 11 is 1.68. The van der Waals surface area contributed by atoms with E-state index in [1.54, 1.807) is 23.3 Å². The van der Waals surface area contributed by atoms with Gasteiger partial charge in [0, 0.05) is 17.8 Å². The van der Waals surface area contributed by atoms with E-state index in [4.69, 9.17) is 4.74 Å². The third-order valence-corrected chi connectivity index (χ3v) is 6.11. The standard InChI is InChI=1S/C21H23N3O3S/c1-2-27-21(26)16-14-18(24(22-16)15-8-4-3-5-9-15)20(25)23-12-6-10-17(23)19-11-7-13-28-19/h3-5,7-9,11,13,17-18H,2,6,10,12,14H2,1H3. The van der Waals surface area contributed by atoms with Crippen LogP contribution in [0.2, 0.25) is 0 Å². The Morgan fingerprint density at radius 3 is 2.75 bits per heavy atom. The smallest absolute Gasteiger partial charge is 0.354 e. The normalized spacial score (nSPS) is 21.7. The molecule has 2 atom stereocenters. The molecular formula is C21H23N3O3S. The zero-order chi connectivity index (χ0) is 19.5. The lowest BCUT2D eigenvalue weighted by Gasteiger charge is -2.30. The van der Waals surface area contributed by atoms with Crippen LogP contribution in [0.5, 0.6) is 0 Å². The highest BCUT2D eigenvalue weighted by Gasteiger charge is 2.42. The Bertz CT molecular complexity index is 866. The zero-order valence-electron chi connectivity index (χ0n) is 15.8. The maximum absolute atomic E-state index is 13.5. The van der Waals surface area contributed by atoms with Crippen LogP contribution in [0.3, 0.4) is 0 Å². The van der Waals surface area contributed by atoms with Gasteiger partial charge < -0.3 is 9.64 Å². The molecule has 146 valence electrons. The van der Waals surface area contributed by atoms with Gasteiger partial charge >= 0.3 is 5.97 Å². The first-order chi connectivity index (χ1) is 13.7. The fourth-order valence-electron chi connectivity index (χ4n) is 3.86. The number of hydrogen-bond donors (Lipinski definition) is 0. The quantitative estimate of drug-likeness (QED) is 0.723. The van der Waals surface area contributed by atoms with Crippen molar-refractivity contribution in [2.75, 3.05) is 18.2 Å². The number of ether oxygens (including phenoxy) is 1. The van der Waals surface area contributed by atoms with Gasteiger partial charge in [0.1, 0.15) is 11.8 Å². The van der Waals surface area contributed by atoms with E-state index in [1.807, 2.05) is 46.7 Å². The van der Waals surface area contributed by atoms with Gasteiger partial charge in [-0.25, -0.2) is 4.79 Å². The molecule has 2 aliphatic heterocycles. The fraction of sp³-hybridized carbons (Fsp3) is 0.381. The van der Waals surface area contributed by atoms with E-state index in [2.05, 4.69) is 11.2 Å². The van der Waals surface area contributed by atoms with Crippen molar-refractivity contribution in [1.29, 1.82) is 0 Å². The van der Waals surface area contributed by atoms with Gasteiger partial charge in [-0.2, -0.15) is 5.10 Å². The third kappa shape index (κ3) is 3.54. The molecule has 2 aromatic rings. The summed E-state index contributed by atoms with van der Waals surface area (Å²) in [5.41, 5.74) is 1.10. The molecule has 0 spiro atoms. The van der Waals surface area contributed by atoms with Crippen molar-refractivity contribution in [3.05, 3.63) is 52.7 Å². The summed E-state index contributed by atoms with van der Waals surface area (Å²) in [7, 11) is 0. The van der Waals surface area contributed by atoms with E-state index in [1.165, 1.54) is 4.88 Å². The monoisotopic (exact) mass is 397 g/mol. The number of carbonyl (C=O) groups excluding carboxylic acids is 2. The topological polar surface area (TPSA) is 62.2 Å². The molecule has 0 saturated carbocycles. The number of anilines is 1. The van der Waals surface area contributed by atoms with Gasteiger partial charge in [0.15, 0.2) is 0 Å². The first kappa shape index (κ1) is 18.7. The molecule has 6 nitrogen and oxygen atoms in total. The predicted octanol–water partition coefficient (Wildman–Crippen LogP) is 3.61. The summed E-state index contributed by atoms with van der Waals surface area (Å²) in [6.07, 6.45) is 2.22. The molecule has 2 aliphatic rings.